The standard InChI is InChI=1S/C41H34FN5O2/c1-28-24-31(22-23-43-28)40-37-25-32(27-44-29(2)30-18-20-36(42)21-19-30)38(47(48)49)26-39(37)46(45-40)41(33-12-6-3-7-13-33,34-14-8-4-9-15-34)35-16-10-5-11-17-35/h3-26,29,44H,27H2,1-2H3/t29-/m1/s1. The quantitative estimate of drug-likeness (QED) is 0.0909. The molecule has 0 fully saturated rings. The second-order valence-electron chi connectivity index (χ2n) is 12.2. The molecule has 2 aromatic heterocycles. The molecule has 0 aliphatic rings. The smallest absolute Gasteiger partial charge is 0.276 e. The van der Waals surface area contributed by atoms with Gasteiger partial charge in [0.1, 0.15) is 17.1 Å². The summed E-state index contributed by atoms with van der Waals surface area (Å²) in [6, 6.07) is 44.0. The molecule has 7 nitrogen and oxygen atoms in total. The lowest BCUT2D eigenvalue weighted by atomic mass is 9.77. The summed E-state index contributed by atoms with van der Waals surface area (Å²) in [5.41, 5.74) is 6.23. The maximum Gasteiger partial charge on any atom is 0.276 e. The average Bonchev–Trinajstić information content (AvgIpc) is 3.51. The Morgan fingerprint density at radius 2 is 1.39 bits per heavy atom. The number of aryl methyl sites for hydroxylation is 1. The molecule has 8 heteroatoms. The number of fused-ring (bicyclic) bond motifs is 1. The van der Waals surface area contributed by atoms with Gasteiger partial charge in [0, 0.05) is 47.1 Å². The topological polar surface area (TPSA) is 85.9 Å². The van der Waals surface area contributed by atoms with Gasteiger partial charge in [0.05, 0.1) is 10.4 Å². The van der Waals surface area contributed by atoms with Gasteiger partial charge in [-0.25, -0.2) is 9.07 Å². The van der Waals surface area contributed by atoms with Crippen molar-refractivity contribution in [1.82, 2.24) is 20.1 Å². The van der Waals surface area contributed by atoms with Gasteiger partial charge in [-0.1, -0.05) is 103 Å². The minimum absolute atomic E-state index is 0.0204. The Bertz CT molecular complexity index is 2140. The highest BCUT2D eigenvalue weighted by Crippen LogP contribution is 2.45. The van der Waals surface area contributed by atoms with Gasteiger partial charge < -0.3 is 5.32 Å². The van der Waals surface area contributed by atoms with E-state index >= 15 is 0 Å². The van der Waals surface area contributed by atoms with Gasteiger partial charge in [-0.2, -0.15) is 5.10 Å². The summed E-state index contributed by atoms with van der Waals surface area (Å²) in [6.45, 7) is 4.10. The van der Waals surface area contributed by atoms with Crippen LogP contribution in [-0.4, -0.2) is 19.7 Å². The molecule has 0 saturated carbocycles. The van der Waals surface area contributed by atoms with Gasteiger partial charge >= 0.3 is 0 Å². The molecule has 0 unspecified atom stereocenters. The van der Waals surface area contributed by atoms with E-state index in [0.717, 1.165) is 38.9 Å². The highest BCUT2D eigenvalue weighted by Gasteiger charge is 2.41. The fourth-order valence-electron chi connectivity index (χ4n) is 6.71. The lowest BCUT2D eigenvalue weighted by Gasteiger charge is -2.37. The zero-order valence-electron chi connectivity index (χ0n) is 27.1. The SMILES string of the molecule is Cc1cc(-c2nn(C(c3ccccc3)(c3ccccc3)c3ccccc3)c3cc([N+](=O)[O-])c(CN[C@H](C)c4ccc(F)cc4)cc23)ccn1. The number of hydrogen-bond donors (Lipinski definition) is 1. The van der Waals surface area contributed by atoms with Crippen molar-refractivity contribution in [3.8, 4) is 11.3 Å². The summed E-state index contributed by atoms with van der Waals surface area (Å²) in [5.74, 6) is -0.314. The summed E-state index contributed by atoms with van der Waals surface area (Å²) in [7, 11) is 0. The molecule has 0 aliphatic carbocycles. The predicted molar refractivity (Wildman–Crippen MR) is 191 cm³/mol. The van der Waals surface area contributed by atoms with Crippen molar-refractivity contribution in [1.29, 1.82) is 0 Å². The van der Waals surface area contributed by atoms with Crippen LogP contribution >= 0.6 is 0 Å². The first-order valence-electron chi connectivity index (χ1n) is 16.1. The van der Waals surface area contributed by atoms with Crippen molar-refractivity contribution < 1.29 is 9.31 Å². The molecule has 0 radical (unpaired) electrons. The maximum atomic E-state index is 13.6. The molecule has 0 amide bonds. The second kappa shape index (κ2) is 13.3. The van der Waals surface area contributed by atoms with Crippen LogP contribution in [0.15, 0.2) is 146 Å². The number of nitrogens with zero attached hydrogens (tertiary/aromatic N) is 4. The van der Waals surface area contributed by atoms with Crippen LogP contribution in [0.2, 0.25) is 0 Å². The van der Waals surface area contributed by atoms with Crippen molar-refractivity contribution in [2.24, 2.45) is 0 Å². The number of rotatable bonds is 10. The normalized spacial score (nSPS) is 12.2. The number of aromatic nitrogens is 3. The first-order valence-corrected chi connectivity index (χ1v) is 16.1. The molecular weight excluding hydrogens is 613 g/mol. The number of pyridine rings is 1. The lowest BCUT2D eigenvalue weighted by molar-refractivity contribution is -0.385. The molecule has 0 saturated heterocycles. The van der Waals surface area contributed by atoms with Gasteiger partial charge in [0.25, 0.3) is 5.69 Å². The van der Waals surface area contributed by atoms with E-state index in [9.17, 15) is 14.5 Å². The molecule has 2 heterocycles. The Kier molecular flexibility index (Phi) is 8.55. The summed E-state index contributed by atoms with van der Waals surface area (Å²) < 4.78 is 15.6. The van der Waals surface area contributed by atoms with E-state index in [0.29, 0.717) is 16.8 Å². The van der Waals surface area contributed by atoms with E-state index in [4.69, 9.17) is 5.10 Å². The summed E-state index contributed by atoms with van der Waals surface area (Å²) in [6.07, 6.45) is 1.76. The van der Waals surface area contributed by atoms with E-state index in [1.807, 2.05) is 91.3 Å². The van der Waals surface area contributed by atoms with Crippen molar-refractivity contribution in [3.05, 3.63) is 195 Å². The molecule has 1 N–H and O–H groups in total. The summed E-state index contributed by atoms with van der Waals surface area (Å²) in [4.78, 5) is 16.9. The fourth-order valence-corrected chi connectivity index (χ4v) is 6.71. The molecule has 0 spiro atoms. The van der Waals surface area contributed by atoms with Gasteiger partial charge in [-0.3, -0.25) is 15.1 Å². The Hall–Kier alpha value is -5.99. The van der Waals surface area contributed by atoms with Crippen LogP contribution in [0.5, 0.6) is 0 Å². The molecule has 0 aliphatic heterocycles. The van der Waals surface area contributed by atoms with Crippen LogP contribution in [0.4, 0.5) is 10.1 Å². The van der Waals surface area contributed by atoms with Gasteiger partial charge in [0.2, 0.25) is 0 Å². The van der Waals surface area contributed by atoms with Crippen molar-refractivity contribution in [2.75, 3.05) is 0 Å². The number of nitro benzene ring substituents is 1. The van der Waals surface area contributed by atoms with Crippen LogP contribution in [0.25, 0.3) is 22.2 Å². The molecule has 242 valence electrons. The van der Waals surface area contributed by atoms with Crippen molar-refractivity contribution in [3.63, 3.8) is 0 Å². The molecule has 7 rings (SSSR count). The number of nitro groups is 1. The number of hydrogen-bond acceptors (Lipinski definition) is 5. The summed E-state index contributed by atoms with van der Waals surface area (Å²) >= 11 is 0. The van der Waals surface area contributed by atoms with E-state index < -0.39 is 5.54 Å². The third kappa shape index (κ3) is 5.87. The monoisotopic (exact) mass is 647 g/mol. The second-order valence-corrected chi connectivity index (χ2v) is 12.2. The third-order valence-electron chi connectivity index (χ3n) is 9.11. The first kappa shape index (κ1) is 31.6. The first-order chi connectivity index (χ1) is 23.9. The van der Waals surface area contributed by atoms with E-state index in [1.165, 1.54) is 12.1 Å². The highest BCUT2D eigenvalue weighted by atomic mass is 19.1. The molecule has 0 bridgehead atoms. The Morgan fingerprint density at radius 3 is 1.92 bits per heavy atom. The Balaban J connectivity index is 1.52. The number of benzene rings is 5. The van der Waals surface area contributed by atoms with E-state index in [-0.39, 0.29) is 29.0 Å². The molecular formula is C41H34FN5O2. The highest BCUT2D eigenvalue weighted by molar-refractivity contribution is 5.96. The van der Waals surface area contributed by atoms with Gasteiger partial charge in [0.15, 0.2) is 0 Å². The van der Waals surface area contributed by atoms with Crippen LogP contribution < -0.4 is 5.32 Å². The largest absolute Gasteiger partial charge is 0.306 e. The van der Waals surface area contributed by atoms with Crippen LogP contribution in [0.3, 0.4) is 0 Å². The lowest BCUT2D eigenvalue weighted by Crippen LogP contribution is -2.38. The molecule has 1 atom stereocenters. The van der Waals surface area contributed by atoms with Crippen molar-refractivity contribution >= 4 is 16.6 Å². The average molecular weight is 648 g/mol. The number of halogens is 1. The predicted octanol–water partition coefficient (Wildman–Crippen LogP) is 9.15. The zero-order valence-corrected chi connectivity index (χ0v) is 27.1. The van der Waals surface area contributed by atoms with Crippen LogP contribution in [0, 0.1) is 22.9 Å². The summed E-state index contributed by atoms with van der Waals surface area (Å²) in [5, 5.41) is 22.4. The molecule has 49 heavy (non-hydrogen) atoms. The minimum atomic E-state index is -0.993. The number of nitrogens with one attached hydrogen (secondary N) is 1. The minimum Gasteiger partial charge on any atom is -0.306 e. The molecule has 7 aromatic rings. The Morgan fingerprint density at radius 1 is 0.816 bits per heavy atom. The Labute approximate surface area is 283 Å². The van der Waals surface area contributed by atoms with E-state index in [2.05, 4.69) is 46.7 Å². The van der Waals surface area contributed by atoms with Gasteiger partial charge in [-0.15, -0.1) is 0 Å². The third-order valence-corrected chi connectivity index (χ3v) is 9.11. The maximum absolute atomic E-state index is 13.6. The molecule has 5 aromatic carbocycles. The van der Waals surface area contributed by atoms with Crippen molar-refractivity contribution in [2.45, 2.75) is 32.0 Å². The van der Waals surface area contributed by atoms with Crippen LogP contribution in [-0.2, 0) is 12.1 Å². The van der Waals surface area contributed by atoms with Crippen LogP contribution in [0.1, 0.15) is 46.5 Å². The van der Waals surface area contributed by atoms with E-state index in [1.54, 1.807) is 24.4 Å². The fraction of sp³-hybridized carbons (Fsp3) is 0.122. The van der Waals surface area contributed by atoms with Gasteiger partial charge in [-0.05, 0) is 66.4 Å². The zero-order chi connectivity index (χ0) is 34.0.